The summed E-state index contributed by atoms with van der Waals surface area (Å²) in [6.45, 7) is 4.49. The summed E-state index contributed by atoms with van der Waals surface area (Å²) in [7, 11) is -3.32. The van der Waals surface area contributed by atoms with Crippen LogP contribution in [-0.2, 0) is 27.6 Å². The minimum Gasteiger partial charge on any atom is -0.305 e. The van der Waals surface area contributed by atoms with Crippen molar-refractivity contribution < 1.29 is 13.2 Å². The molecule has 0 radical (unpaired) electrons. The fourth-order valence-electron chi connectivity index (χ4n) is 2.95. The molecule has 0 unspecified atom stereocenters. The lowest BCUT2D eigenvalue weighted by Gasteiger charge is -2.05. The zero-order valence-electron chi connectivity index (χ0n) is 16.5. The van der Waals surface area contributed by atoms with E-state index in [1.807, 2.05) is 24.3 Å². The van der Waals surface area contributed by atoms with Crippen LogP contribution in [0, 0.1) is 12.3 Å². The molecule has 3 aromatic rings. The molecule has 0 saturated heterocycles. The summed E-state index contributed by atoms with van der Waals surface area (Å²) in [4.78, 5) is 17.5. The molecule has 0 N–H and O–H groups in total. The molecule has 0 aliphatic rings. The van der Waals surface area contributed by atoms with Gasteiger partial charge in [0.1, 0.15) is 0 Å². The molecule has 0 aliphatic carbocycles. The van der Waals surface area contributed by atoms with E-state index in [1.165, 1.54) is 16.9 Å². The number of hydrogen-bond acceptors (Lipinski definition) is 4. The van der Waals surface area contributed by atoms with Crippen molar-refractivity contribution in [2.24, 2.45) is 4.99 Å². The Labute approximate surface area is 174 Å². The van der Waals surface area contributed by atoms with Crippen LogP contribution in [-0.4, -0.2) is 25.1 Å². The van der Waals surface area contributed by atoms with Gasteiger partial charge in [-0.05, 0) is 35.2 Å². The van der Waals surface area contributed by atoms with Crippen molar-refractivity contribution in [3.63, 3.8) is 0 Å². The minimum atomic E-state index is -3.32. The summed E-state index contributed by atoms with van der Waals surface area (Å²) in [5.41, 5.74) is 2.87. The summed E-state index contributed by atoms with van der Waals surface area (Å²) in [6.07, 6.45) is 6.84. The molecule has 0 atom stereocenters. The molecule has 3 rings (SSSR count). The molecule has 0 saturated carbocycles. The number of amides is 1. The zero-order chi connectivity index (χ0) is 21.2. The Hall–Kier alpha value is -2.69. The third kappa shape index (κ3) is 4.84. The average Bonchev–Trinajstić information content (AvgIpc) is 2.98. The topological polar surface area (TPSA) is 68.5 Å². The van der Waals surface area contributed by atoms with Gasteiger partial charge in [-0.2, -0.15) is 4.99 Å². The minimum absolute atomic E-state index is 0.192. The first-order valence-corrected chi connectivity index (χ1v) is 11.8. The Morgan fingerprint density at radius 2 is 1.90 bits per heavy atom. The Kier molecular flexibility index (Phi) is 6.06. The van der Waals surface area contributed by atoms with Gasteiger partial charge in [-0.1, -0.05) is 55.4 Å². The van der Waals surface area contributed by atoms with E-state index < -0.39 is 9.84 Å². The van der Waals surface area contributed by atoms with Crippen LogP contribution in [0.15, 0.2) is 52.4 Å². The Balaban J connectivity index is 1.98. The molecule has 2 aromatic carbocycles. The summed E-state index contributed by atoms with van der Waals surface area (Å²) < 4.78 is 26.1. The Morgan fingerprint density at radius 1 is 1.21 bits per heavy atom. The average molecular weight is 427 g/mol. The van der Waals surface area contributed by atoms with Crippen molar-refractivity contribution >= 4 is 37.3 Å². The molecule has 0 bridgehead atoms. The van der Waals surface area contributed by atoms with Crippen molar-refractivity contribution in [1.82, 2.24) is 4.57 Å². The maximum absolute atomic E-state index is 12.5. The highest BCUT2D eigenvalue weighted by Gasteiger charge is 2.13. The monoisotopic (exact) mass is 426 g/mol. The standard InChI is InChI=1S/C22H22N2O3S2/c1-5-12-24-19-11-10-18(29(4,26)27)14-20(19)28-22(24)23-21(25)13-16-6-8-17(9-7-16)15(2)3/h1,6-11,14-15H,12-13H2,2-4H3. The number of hydrogen-bond donors (Lipinski definition) is 0. The normalized spacial score (nSPS) is 12.4. The first-order valence-electron chi connectivity index (χ1n) is 9.12. The van der Waals surface area contributed by atoms with Gasteiger partial charge in [0.2, 0.25) is 0 Å². The molecular formula is C22H22N2O3S2. The van der Waals surface area contributed by atoms with E-state index in [0.29, 0.717) is 10.7 Å². The van der Waals surface area contributed by atoms with Gasteiger partial charge < -0.3 is 4.57 Å². The molecular weight excluding hydrogens is 404 g/mol. The van der Waals surface area contributed by atoms with Crippen LogP contribution in [0.25, 0.3) is 10.2 Å². The number of thiazole rings is 1. The smallest absolute Gasteiger partial charge is 0.252 e. The van der Waals surface area contributed by atoms with E-state index in [0.717, 1.165) is 22.0 Å². The van der Waals surface area contributed by atoms with Crippen molar-refractivity contribution in [2.45, 2.75) is 37.6 Å². The van der Waals surface area contributed by atoms with E-state index >= 15 is 0 Å². The van der Waals surface area contributed by atoms with Crippen LogP contribution in [0.4, 0.5) is 0 Å². The molecule has 0 aliphatic heterocycles. The lowest BCUT2D eigenvalue weighted by Crippen LogP contribution is -2.17. The number of sulfone groups is 1. The van der Waals surface area contributed by atoms with Crippen LogP contribution in [0.2, 0.25) is 0 Å². The molecule has 0 spiro atoms. The Bertz CT molecular complexity index is 1270. The first-order chi connectivity index (χ1) is 13.7. The molecule has 5 nitrogen and oxygen atoms in total. The van der Waals surface area contributed by atoms with Crippen LogP contribution < -0.4 is 4.80 Å². The van der Waals surface area contributed by atoms with Gasteiger partial charge in [0.05, 0.1) is 28.1 Å². The van der Waals surface area contributed by atoms with E-state index in [2.05, 4.69) is 24.8 Å². The largest absolute Gasteiger partial charge is 0.305 e. The second-order valence-electron chi connectivity index (χ2n) is 7.16. The predicted octanol–water partition coefficient (Wildman–Crippen LogP) is 3.53. The second-order valence-corrected chi connectivity index (χ2v) is 10.2. The number of carbonyl (C=O) groups is 1. The number of terminal acetylenes is 1. The van der Waals surface area contributed by atoms with Crippen molar-refractivity contribution in [2.75, 3.05) is 6.26 Å². The number of carbonyl (C=O) groups excluding carboxylic acids is 1. The number of nitrogens with zero attached hydrogens (tertiary/aromatic N) is 2. The van der Waals surface area contributed by atoms with E-state index in [-0.39, 0.29) is 23.8 Å². The highest BCUT2D eigenvalue weighted by Crippen LogP contribution is 2.22. The van der Waals surface area contributed by atoms with E-state index in [4.69, 9.17) is 6.42 Å². The van der Waals surface area contributed by atoms with Crippen LogP contribution in [0.5, 0.6) is 0 Å². The Morgan fingerprint density at radius 3 is 2.48 bits per heavy atom. The van der Waals surface area contributed by atoms with Crippen LogP contribution in [0.1, 0.15) is 30.9 Å². The van der Waals surface area contributed by atoms with Gasteiger partial charge in [0, 0.05) is 6.26 Å². The van der Waals surface area contributed by atoms with Crippen LogP contribution >= 0.6 is 11.3 Å². The fraction of sp³-hybridized carbons (Fsp3) is 0.273. The SMILES string of the molecule is C#CCn1c(=NC(=O)Cc2ccc(C(C)C)cc2)sc2cc(S(C)(=O)=O)ccc21. The van der Waals surface area contributed by atoms with Crippen molar-refractivity contribution in [3.05, 3.63) is 58.4 Å². The third-order valence-electron chi connectivity index (χ3n) is 4.55. The second kappa shape index (κ2) is 8.36. The molecule has 1 aromatic heterocycles. The maximum Gasteiger partial charge on any atom is 0.252 e. The molecule has 150 valence electrons. The maximum atomic E-state index is 12.5. The van der Waals surface area contributed by atoms with Gasteiger partial charge in [-0.15, -0.1) is 6.42 Å². The third-order valence-corrected chi connectivity index (χ3v) is 6.71. The summed E-state index contributed by atoms with van der Waals surface area (Å²) >= 11 is 1.25. The number of benzene rings is 2. The number of fused-ring (bicyclic) bond motifs is 1. The van der Waals surface area contributed by atoms with Gasteiger partial charge in [0.25, 0.3) is 5.91 Å². The van der Waals surface area contributed by atoms with Crippen molar-refractivity contribution in [1.29, 1.82) is 0 Å². The van der Waals surface area contributed by atoms with E-state index in [9.17, 15) is 13.2 Å². The zero-order valence-corrected chi connectivity index (χ0v) is 18.2. The molecule has 1 heterocycles. The van der Waals surface area contributed by atoms with Crippen molar-refractivity contribution in [3.8, 4) is 12.3 Å². The quantitative estimate of drug-likeness (QED) is 0.586. The fourth-order valence-corrected chi connectivity index (χ4v) is 4.76. The van der Waals surface area contributed by atoms with Gasteiger partial charge in [-0.3, -0.25) is 4.79 Å². The first kappa shape index (κ1) is 21.0. The van der Waals surface area contributed by atoms with Gasteiger partial charge in [-0.25, -0.2) is 8.42 Å². The van der Waals surface area contributed by atoms with E-state index in [1.54, 1.807) is 22.8 Å². The van der Waals surface area contributed by atoms with Crippen LogP contribution in [0.3, 0.4) is 0 Å². The highest BCUT2D eigenvalue weighted by molar-refractivity contribution is 7.90. The summed E-state index contributed by atoms with van der Waals surface area (Å²) in [6, 6.07) is 12.8. The summed E-state index contributed by atoms with van der Waals surface area (Å²) in [5.74, 6) is 2.73. The molecule has 0 fully saturated rings. The lowest BCUT2D eigenvalue weighted by molar-refractivity contribution is -0.117. The molecule has 7 heteroatoms. The highest BCUT2D eigenvalue weighted by atomic mass is 32.2. The number of rotatable bonds is 5. The molecule has 1 amide bonds. The molecule has 29 heavy (non-hydrogen) atoms. The van der Waals surface area contributed by atoms with Gasteiger partial charge in [0.15, 0.2) is 14.6 Å². The lowest BCUT2D eigenvalue weighted by atomic mass is 10.0. The predicted molar refractivity (Wildman–Crippen MR) is 117 cm³/mol. The number of aromatic nitrogens is 1. The van der Waals surface area contributed by atoms with Gasteiger partial charge >= 0.3 is 0 Å². The summed E-state index contributed by atoms with van der Waals surface area (Å²) in [5, 5.41) is 0.